The third-order valence-electron chi connectivity index (χ3n) is 2.81. The highest BCUT2D eigenvalue weighted by Crippen LogP contribution is 2.23. The van der Waals surface area contributed by atoms with Crippen molar-refractivity contribution in [1.82, 2.24) is 0 Å². The van der Waals surface area contributed by atoms with E-state index in [0.29, 0.717) is 17.8 Å². The largest absolute Gasteiger partial charge is 0.255 e. The molecule has 0 atom stereocenters. The van der Waals surface area contributed by atoms with E-state index in [0.717, 1.165) is 17.3 Å². The van der Waals surface area contributed by atoms with Gasteiger partial charge in [-0.2, -0.15) is 0 Å². The van der Waals surface area contributed by atoms with Gasteiger partial charge in [-0.1, -0.05) is 18.2 Å². The molecule has 2 rings (SSSR count). The summed E-state index contributed by atoms with van der Waals surface area (Å²) in [6.07, 6.45) is 1.08. The second-order valence-electron chi connectivity index (χ2n) is 4.28. The van der Waals surface area contributed by atoms with Crippen molar-refractivity contribution in [3.8, 4) is 0 Å². The maximum absolute atomic E-state index is 13.4. The Morgan fingerprint density at radius 1 is 0.947 bits per heavy atom. The van der Waals surface area contributed by atoms with Crippen molar-refractivity contribution in [2.24, 2.45) is 4.99 Å². The quantitative estimate of drug-likeness (QED) is 0.709. The van der Waals surface area contributed by atoms with Gasteiger partial charge in [-0.05, 0) is 25.0 Å². The molecule has 0 N–H and O–H groups in total. The number of halogens is 3. The lowest BCUT2D eigenvalue weighted by Gasteiger charge is -2.04. The summed E-state index contributed by atoms with van der Waals surface area (Å²) in [7, 11) is 0. The van der Waals surface area contributed by atoms with Crippen molar-refractivity contribution < 1.29 is 13.2 Å². The van der Waals surface area contributed by atoms with Crippen molar-refractivity contribution in [3.63, 3.8) is 0 Å². The Bertz CT molecular complexity index is 605. The Kier molecular flexibility index (Phi) is 3.69. The molecule has 0 amide bonds. The van der Waals surface area contributed by atoms with Crippen LogP contribution in [0.2, 0.25) is 0 Å². The van der Waals surface area contributed by atoms with Gasteiger partial charge in [0.05, 0.1) is 11.3 Å². The molecule has 19 heavy (non-hydrogen) atoms. The fourth-order valence-electron chi connectivity index (χ4n) is 1.82. The van der Waals surface area contributed by atoms with Gasteiger partial charge in [0.15, 0.2) is 0 Å². The van der Waals surface area contributed by atoms with Crippen molar-refractivity contribution in [2.45, 2.75) is 13.8 Å². The summed E-state index contributed by atoms with van der Waals surface area (Å²) in [5, 5.41) is 0. The van der Waals surface area contributed by atoms with Crippen LogP contribution in [0, 0.1) is 31.3 Å². The number of nitrogens with zero attached hydrogens (tertiary/aromatic N) is 1. The number of aryl methyl sites for hydroxylation is 2. The summed E-state index contributed by atoms with van der Waals surface area (Å²) in [6, 6.07) is 6.86. The summed E-state index contributed by atoms with van der Waals surface area (Å²) in [4.78, 5) is 4.10. The summed E-state index contributed by atoms with van der Waals surface area (Å²) in [5.74, 6) is -2.88. The molecule has 1 nitrogen and oxygen atoms in total. The fourth-order valence-corrected chi connectivity index (χ4v) is 1.82. The normalized spacial score (nSPS) is 11.2. The maximum Gasteiger partial charge on any atom is 0.137 e. The van der Waals surface area contributed by atoms with Crippen LogP contribution in [0.3, 0.4) is 0 Å². The molecule has 0 fully saturated rings. The van der Waals surface area contributed by atoms with Gasteiger partial charge in [-0.3, -0.25) is 4.99 Å². The Morgan fingerprint density at radius 2 is 1.47 bits per heavy atom. The first-order valence-electron chi connectivity index (χ1n) is 5.74. The monoisotopic (exact) mass is 263 g/mol. The molecular weight excluding hydrogens is 251 g/mol. The molecule has 0 aliphatic carbocycles. The van der Waals surface area contributed by atoms with E-state index >= 15 is 0 Å². The van der Waals surface area contributed by atoms with Crippen molar-refractivity contribution >= 4 is 11.9 Å². The second-order valence-corrected chi connectivity index (χ2v) is 4.28. The lowest BCUT2D eigenvalue weighted by Crippen LogP contribution is -1.96. The smallest absolute Gasteiger partial charge is 0.137 e. The number of hydrogen-bond donors (Lipinski definition) is 0. The third kappa shape index (κ3) is 2.84. The van der Waals surface area contributed by atoms with E-state index in [9.17, 15) is 13.2 Å². The van der Waals surface area contributed by atoms with E-state index in [2.05, 4.69) is 4.99 Å². The Hall–Kier alpha value is -2.10. The topological polar surface area (TPSA) is 12.4 Å². The number of aliphatic imine (C=N–C) groups is 1. The van der Waals surface area contributed by atoms with Gasteiger partial charge in [0, 0.05) is 18.3 Å². The van der Waals surface area contributed by atoms with Crippen LogP contribution in [0.1, 0.15) is 16.7 Å². The van der Waals surface area contributed by atoms with Crippen LogP contribution in [-0.2, 0) is 0 Å². The first-order valence-corrected chi connectivity index (χ1v) is 5.74. The number of para-hydroxylation sites is 1. The van der Waals surface area contributed by atoms with Gasteiger partial charge in [-0.15, -0.1) is 0 Å². The van der Waals surface area contributed by atoms with Crippen LogP contribution in [0.5, 0.6) is 0 Å². The Balaban J connectivity index is 2.44. The highest BCUT2D eigenvalue weighted by molar-refractivity contribution is 5.83. The Morgan fingerprint density at radius 3 is 2.00 bits per heavy atom. The fraction of sp³-hybridized carbons (Fsp3) is 0.133. The van der Waals surface area contributed by atoms with Crippen LogP contribution in [0.4, 0.5) is 18.9 Å². The van der Waals surface area contributed by atoms with Crippen molar-refractivity contribution in [2.75, 3.05) is 0 Å². The summed E-state index contributed by atoms with van der Waals surface area (Å²) in [6.45, 7) is 3.72. The van der Waals surface area contributed by atoms with Gasteiger partial charge in [0.2, 0.25) is 0 Å². The van der Waals surface area contributed by atoms with Crippen LogP contribution in [0.25, 0.3) is 0 Å². The van der Waals surface area contributed by atoms with Crippen molar-refractivity contribution in [3.05, 3.63) is 64.5 Å². The average molecular weight is 263 g/mol. The molecule has 2 aromatic rings. The number of benzene rings is 2. The maximum atomic E-state index is 13.4. The Labute approximate surface area is 109 Å². The zero-order chi connectivity index (χ0) is 14.0. The first-order chi connectivity index (χ1) is 8.99. The minimum Gasteiger partial charge on any atom is -0.255 e. The SMILES string of the molecule is Cc1cccc(C)c1/N=C/c1c(F)cc(F)cc1F. The number of hydrogen-bond acceptors (Lipinski definition) is 1. The van der Waals surface area contributed by atoms with Gasteiger partial charge < -0.3 is 0 Å². The molecule has 0 aromatic heterocycles. The molecule has 0 saturated heterocycles. The molecule has 0 saturated carbocycles. The lowest BCUT2D eigenvalue weighted by atomic mass is 10.1. The van der Waals surface area contributed by atoms with Gasteiger partial charge >= 0.3 is 0 Å². The molecule has 0 aliphatic heterocycles. The molecule has 0 radical (unpaired) electrons. The van der Waals surface area contributed by atoms with E-state index in [4.69, 9.17) is 0 Å². The van der Waals surface area contributed by atoms with Crippen LogP contribution in [0.15, 0.2) is 35.3 Å². The molecular formula is C15H12F3N. The molecule has 0 bridgehead atoms. The lowest BCUT2D eigenvalue weighted by molar-refractivity contribution is 0.541. The van der Waals surface area contributed by atoms with Crippen LogP contribution < -0.4 is 0 Å². The van der Waals surface area contributed by atoms with E-state index < -0.39 is 17.5 Å². The van der Waals surface area contributed by atoms with Gasteiger partial charge in [0.25, 0.3) is 0 Å². The third-order valence-corrected chi connectivity index (χ3v) is 2.81. The molecule has 4 heteroatoms. The van der Waals surface area contributed by atoms with E-state index in [-0.39, 0.29) is 5.56 Å². The molecule has 98 valence electrons. The average Bonchev–Trinajstić information content (AvgIpc) is 2.31. The molecule has 0 unspecified atom stereocenters. The minimum atomic E-state index is -0.965. The van der Waals surface area contributed by atoms with Gasteiger partial charge in [-0.25, -0.2) is 13.2 Å². The summed E-state index contributed by atoms with van der Waals surface area (Å²) in [5.41, 5.74) is 2.12. The zero-order valence-corrected chi connectivity index (χ0v) is 10.5. The van der Waals surface area contributed by atoms with Crippen molar-refractivity contribution in [1.29, 1.82) is 0 Å². The van der Waals surface area contributed by atoms with E-state index in [1.165, 1.54) is 0 Å². The minimum absolute atomic E-state index is 0.343. The summed E-state index contributed by atoms with van der Waals surface area (Å²) < 4.78 is 39.7. The second kappa shape index (κ2) is 5.26. The zero-order valence-electron chi connectivity index (χ0n) is 10.5. The highest BCUT2D eigenvalue weighted by Gasteiger charge is 2.09. The van der Waals surface area contributed by atoms with Gasteiger partial charge in [0.1, 0.15) is 17.5 Å². The first kappa shape index (κ1) is 13.3. The molecule has 0 spiro atoms. The van der Waals surface area contributed by atoms with Crippen LogP contribution >= 0.6 is 0 Å². The molecule has 0 aliphatic rings. The van der Waals surface area contributed by atoms with Crippen LogP contribution in [-0.4, -0.2) is 6.21 Å². The standard InChI is InChI=1S/C15H12F3N/c1-9-4-3-5-10(2)15(9)19-8-12-13(17)6-11(16)7-14(12)18/h3-8H,1-2H3/b19-8+. The molecule has 0 heterocycles. The highest BCUT2D eigenvalue weighted by atomic mass is 19.1. The predicted molar refractivity (Wildman–Crippen MR) is 69.5 cm³/mol. The van der Waals surface area contributed by atoms with E-state index in [1.807, 2.05) is 32.0 Å². The predicted octanol–water partition coefficient (Wildman–Crippen LogP) is 4.47. The number of rotatable bonds is 2. The van der Waals surface area contributed by atoms with E-state index in [1.54, 1.807) is 0 Å². The summed E-state index contributed by atoms with van der Waals surface area (Å²) >= 11 is 0. The molecule has 2 aromatic carbocycles.